The Morgan fingerprint density at radius 3 is 2.00 bits per heavy atom. The van der Waals surface area contributed by atoms with Gasteiger partial charge in [-0.05, 0) is 88.1 Å². The van der Waals surface area contributed by atoms with Crippen molar-refractivity contribution in [3.8, 4) is 16.9 Å². The molecule has 0 unspecified atom stereocenters. The summed E-state index contributed by atoms with van der Waals surface area (Å²) >= 11 is 1.65. The van der Waals surface area contributed by atoms with Crippen LogP contribution in [-0.4, -0.2) is 18.2 Å². The molecule has 0 radical (unpaired) electrons. The minimum absolute atomic E-state index is 0.0138. The van der Waals surface area contributed by atoms with Gasteiger partial charge in [0.05, 0.1) is 11.1 Å². The number of hydrogen-bond acceptors (Lipinski definition) is 7. The molecule has 0 aliphatic heterocycles. The fourth-order valence-electron chi connectivity index (χ4n) is 4.44. The van der Waals surface area contributed by atoms with Crippen LogP contribution < -0.4 is 4.74 Å². The van der Waals surface area contributed by atoms with Crippen molar-refractivity contribution in [2.24, 2.45) is 0 Å². The van der Waals surface area contributed by atoms with Crippen LogP contribution in [-0.2, 0) is 40.5 Å². The lowest BCUT2D eigenvalue weighted by atomic mass is 10.0. The average molecular weight is 591 g/mol. The first-order chi connectivity index (χ1) is 21.1. The van der Waals surface area contributed by atoms with E-state index in [0.717, 1.165) is 46.3 Å². The van der Waals surface area contributed by atoms with Gasteiger partial charge in [0.2, 0.25) is 0 Å². The number of benzene rings is 4. The van der Waals surface area contributed by atoms with E-state index < -0.39 is 11.9 Å². The van der Waals surface area contributed by atoms with Gasteiger partial charge in [0.15, 0.2) is 0 Å². The Kier molecular flexibility index (Phi) is 10.1. The van der Waals surface area contributed by atoms with Crippen molar-refractivity contribution in [2.75, 3.05) is 0 Å². The number of carbonyl (C=O) groups is 3. The molecule has 0 bridgehead atoms. The predicted molar refractivity (Wildman–Crippen MR) is 166 cm³/mol. The summed E-state index contributed by atoms with van der Waals surface area (Å²) < 4.78 is 17.3. The molecule has 0 atom stereocenters. The van der Waals surface area contributed by atoms with Crippen molar-refractivity contribution in [2.45, 2.75) is 32.7 Å². The van der Waals surface area contributed by atoms with Crippen LogP contribution in [0.1, 0.15) is 48.7 Å². The van der Waals surface area contributed by atoms with Gasteiger partial charge in [-0.15, -0.1) is 11.3 Å². The third-order valence-corrected chi connectivity index (χ3v) is 7.74. The van der Waals surface area contributed by atoms with Gasteiger partial charge in [-0.1, -0.05) is 60.7 Å². The van der Waals surface area contributed by atoms with Crippen molar-refractivity contribution < 1.29 is 28.6 Å². The minimum atomic E-state index is -0.436. The molecule has 0 fully saturated rings. The molecule has 5 rings (SSSR count). The highest BCUT2D eigenvalue weighted by molar-refractivity contribution is 7.10. The molecule has 0 spiro atoms. The van der Waals surface area contributed by atoms with Crippen molar-refractivity contribution >= 4 is 29.6 Å². The van der Waals surface area contributed by atoms with Crippen molar-refractivity contribution in [1.82, 2.24) is 0 Å². The lowest BCUT2D eigenvalue weighted by molar-refractivity contribution is -0.107. The van der Waals surface area contributed by atoms with E-state index in [-0.39, 0.29) is 13.2 Å². The van der Waals surface area contributed by atoms with E-state index in [9.17, 15) is 14.4 Å². The molecule has 0 N–H and O–H groups in total. The molecule has 1 heterocycles. The van der Waals surface area contributed by atoms with Gasteiger partial charge in [-0.25, -0.2) is 9.59 Å². The first-order valence-corrected chi connectivity index (χ1v) is 14.8. The van der Waals surface area contributed by atoms with Gasteiger partial charge in [-0.3, -0.25) is 0 Å². The number of esters is 2. The van der Waals surface area contributed by atoms with Crippen LogP contribution in [0.2, 0.25) is 0 Å². The molecule has 0 saturated heterocycles. The van der Waals surface area contributed by atoms with Crippen LogP contribution in [0, 0.1) is 0 Å². The number of rotatable bonds is 13. The largest absolute Gasteiger partial charge is 0.489 e. The van der Waals surface area contributed by atoms with Crippen molar-refractivity contribution in [1.29, 1.82) is 0 Å². The SMILES string of the molecule is O=CCCc1cc(-c2cccc(OCc3ccc(COC(=O)c4ccccc4)c(COC(=O)c4ccccc4)c3)c2)cs1. The van der Waals surface area contributed by atoms with Crippen LogP contribution in [0.3, 0.4) is 0 Å². The number of aryl methyl sites for hydroxylation is 1. The lowest BCUT2D eigenvalue weighted by Gasteiger charge is -2.14. The zero-order valence-electron chi connectivity index (χ0n) is 23.4. The van der Waals surface area contributed by atoms with Crippen LogP contribution in [0.4, 0.5) is 0 Å². The first kappa shape index (κ1) is 29.5. The maximum absolute atomic E-state index is 12.6. The monoisotopic (exact) mass is 590 g/mol. The van der Waals surface area contributed by atoms with E-state index in [4.69, 9.17) is 14.2 Å². The number of ether oxygens (including phenoxy) is 3. The zero-order valence-corrected chi connectivity index (χ0v) is 24.3. The van der Waals surface area contributed by atoms with Crippen LogP contribution >= 0.6 is 11.3 Å². The molecule has 1 aromatic heterocycles. The van der Waals surface area contributed by atoms with Gasteiger partial charge in [0, 0.05) is 11.3 Å². The molecule has 5 aromatic rings. The summed E-state index contributed by atoms with van der Waals surface area (Å²) in [6.45, 7) is 0.339. The summed E-state index contributed by atoms with van der Waals surface area (Å²) in [7, 11) is 0. The predicted octanol–water partition coefficient (Wildman–Crippen LogP) is 7.84. The Hall–Kier alpha value is -5.01. The summed E-state index contributed by atoms with van der Waals surface area (Å²) in [4.78, 5) is 37.1. The summed E-state index contributed by atoms with van der Waals surface area (Å²) in [5.41, 5.74) is 5.39. The Morgan fingerprint density at radius 2 is 1.33 bits per heavy atom. The van der Waals surface area contributed by atoms with E-state index in [0.29, 0.717) is 24.2 Å². The summed E-state index contributed by atoms with van der Waals surface area (Å²) in [6, 6.07) is 33.3. The number of hydrogen-bond donors (Lipinski definition) is 0. The highest BCUT2D eigenvalue weighted by atomic mass is 32.1. The topological polar surface area (TPSA) is 78.9 Å². The standard InChI is InChI=1S/C36H30O6S/c37-18-8-15-34-21-32(25-43-34)29-13-7-14-33(20-29)40-22-26-16-17-30(23-41-35(38)27-9-3-1-4-10-27)31(19-26)24-42-36(39)28-11-5-2-6-12-28/h1-7,9-14,16-21,25H,8,15,22-24H2. The quantitative estimate of drug-likeness (QED) is 0.103. The molecule has 0 aliphatic rings. The molecule has 0 aliphatic carbocycles. The van der Waals surface area contributed by atoms with Crippen molar-refractivity contribution in [3.63, 3.8) is 0 Å². The average Bonchev–Trinajstić information content (AvgIpc) is 3.54. The fraction of sp³-hybridized carbons (Fsp3) is 0.139. The number of carbonyl (C=O) groups excluding carboxylic acids is 3. The van der Waals surface area contributed by atoms with E-state index in [2.05, 4.69) is 11.4 Å². The second-order valence-electron chi connectivity index (χ2n) is 9.81. The highest BCUT2D eigenvalue weighted by Gasteiger charge is 2.13. The highest BCUT2D eigenvalue weighted by Crippen LogP contribution is 2.29. The second-order valence-corrected chi connectivity index (χ2v) is 10.8. The minimum Gasteiger partial charge on any atom is -0.489 e. The molecule has 6 nitrogen and oxygen atoms in total. The van der Waals surface area contributed by atoms with Gasteiger partial charge in [-0.2, -0.15) is 0 Å². The molecular formula is C36H30O6S. The molecule has 4 aromatic carbocycles. The van der Waals surface area contributed by atoms with Crippen LogP contribution in [0.25, 0.3) is 11.1 Å². The van der Waals surface area contributed by atoms with Gasteiger partial charge < -0.3 is 19.0 Å². The Labute approximate surface area is 254 Å². The van der Waals surface area contributed by atoms with Gasteiger partial charge >= 0.3 is 11.9 Å². The van der Waals surface area contributed by atoms with E-state index in [1.807, 2.05) is 54.6 Å². The third-order valence-electron chi connectivity index (χ3n) is 6.74. The second kappa shape index (κ2) is 14.8. The number of thiophene rings is 1. The molecule has 216 valence electrons. The van der Waals surface area contributed by atoms with E-state index in [1.54, 1.807) is 59.9 Å². The Morgan fingerprint density at radius 1 is 0.651 bits per heavy atom. The summed E-state index contributed by atoms with van der Waals surface area (Å²) in [6.07, 6.45) is 2.20. The van der Waals surface area contributed by atoms with E-state index >= 15 is 0 Å². The zero-order chi connectivity index (χ0) is 29.9. The molecule has 0 saturated carbocycles. The normalized spacial score (nSPS) is 10.6. The molecular weight excluding hydrogens is 560 g/mol. The Bertz CT molecular complexity index is 1680. The van der Waals surface area contributed by atoms with Gasteiger partial charge in [0.25, 0.3) is 0 Å². The van der Waals surface area contributed by atoms with Crippen molar-refractivity contribution in [3.05, 3.63) is 147 Å². The number of aldehydes is 1. The Balaban J connectivity index is 1.28. The van der Waals surface area contributed by atoms with E-state index in [1.165, 1.54) is 4.88 Å². The third kappa shape index (κ3) is 8.27. The maximum Gasteiger partial charge on any atom is 0.338 e. The summed E-state index contributed by atoms with van der Waals surface area (Å²) in [5, 5.41) is 2.09. The fourth-order valence-corrected chi connectivity index (χ4v) is 5.36. The maximum atomic E-state index is 12.6. The molecule has 7 heteroatoms. The van der Waals surface area contributed by atoms with Crippen LogP contribution in [0.15, 0.2) is 115 Å². The van der Waals surface area contributed by atoms with Gasteiger partial charge in [0.1, 0.15) is 31.9 Å². The van der Waals surface area contributed by atoms with Crippen LogP contribution in [0.5, 0.6) is 5.75 Å². The first-order valence-electron chi connectivity index (χ1n) is 13.9. The lowest BCUT2D eigenvalue weighted by Crippen LogP contribution is -2.10. The molecule has 43 heavy (non-hydrogen) atoms. The smallest absolute Gasteiger partial charge is 0.338 e. The summed E-state index contributed by atoms with van der Waals surface area (Å²) in [5.74, 6) is -0.147. The molecule has 0 amide bonds.